The highest BCUT2D eigenvalue weighted by Gasteiger charge is 2.24. The summed E-state index contributed by atoms with van der Waals surface area (Å²) in [7, 11) is 0. The number of hydrogen-bond donors (Lipinski definition) is 1. The Bertz CT molecular complexity index is 909. The fourth-order valence-electron chi connectivity index (χ4n) is 3.15. The van der Waals surface area contributed by atoms with Gasteiger partial charge in [-0.25, -0.2) is 4.98 Å². The van der Waals surface area contributed by atoms with Gasteiger partial charge in [-0.05, 0) is 29.8 Å². The van der Waals surface area contributed by atoms with Gasteiger partial charge in [0, 0.05) is 18.5 Å². The molecule has 27 heavy (non-hydrogen) atoms. The molecule has 0 saturated carbocycles. The van der Waals surface area contributed by atoms with Crippen molar-refractivity contribution < 1.29 is 9.53 Å². The molecule has 6 heteroatoms. The summed E-state index contributed by atoms with van der Waals surface area (Å²) in [5, 5.41) is 5.01. The number of nitrogens with zero attached hydrogens (tertiary/aromatic N) is 2. The Morgan fingerprint density at radius 1 is 1.22 bits per heavy atom. The van der Waals surface area contributed by atoms with E-state index in [1.165, 1.54) is 5.56 Å². The molecule has 0 radical (unpaired) electrons. The fourth-order valence-corrected chi connectivity index (χ4v) is 3.69. The largest absolute Gasteiger partial charge is 0.487 e. The summed E-state index contributed by atoms with van der Waals surface area (Å²) in [5.41, 5.74) is 5.85. The van der Waals surface area contributed by atoms with Gasteiger partial charge in [0.2, 0.25) is 5.91 Å². The monoisotopic (exact) mass is 379 g/mol. The van der Waals surface area contributed by atoms with Crippen molar-refractivity contribution in [2.45, 2.75) is 20.1 Å². The summed E-state index contributed by atoms with van der Waals surface area (Å²) in [6, 6.07) is 16.1. The summed E-state index contributed by atoms with van der Waals surface area (Å²) in [5.74, 6) is 0.821. The number of anilines is 2. The van der Waals surface area contributed by atoms with Crippen LogP contribution in [0.2, 0.25) is 0 Å². The van der Waals surface area contributed by atoms with Gasteiger partial charge >= 0.3 is 0 Å². The lowest BCUT2D eigenvalue weighted by molar-refractivity contribution is -0.119. The third-order valence-electron chi connectivity index (χ3n) is 4.61. The van der Waals surface area contributed by atoms with E-state index in [1.54, 1.807) is 16.8 Å². The number of rotatable bonds is 5. The van der Waals surface area contributed by atoms with Crippen molar-refractivity contribution in [1.29, 1.82) is 0 Å². The molecule has 4 rings (SSSR count). The van der Waals surface area contributed by atoms with Crippen LogP contribution >= 0.6 is 11.3 Å². The molecule has 1 atom stereocenters. The zero-order chi connectivity index (χ0) is 18.6. The van der Waals surface area contributed by atoms with Crippen molar-refractivity contribution in [2.24, 2.45) is 5.92 Å². The number of para-hydroxylation sites is 2. The maximum absolute atomic E-state index is 12.2. The van der Waals surface area contributed by atoms with Gasteiger partial charge in [-0.2, -0.15) is 0 Å². The standard InChI is InChI=1S/C21H21N3O2S/c1-15-10-24(20-5-3-2-4-19(20)23-21(15)25)11-16-6-8-18(9-7-16)26-12-17-13-27-14-22-17/h2-9,13-15H,10-12H2,1H3,(H,23,25). The van der Waals surface area contributed by atoms with E-state index >= 15 is 0 Å². The molecule has 138 valence electrons. The van der Waals surface area contributed by atoms with E-state index in [9.17, 15) is 4.79 Å². The van der Waals surface area contributed by atoms with Gasteiger partial charge in [0.05, 0.1) is 28.5 Å². The van der Waals surface area contributed by atoms with Crippen molar-refractivity contribution >= 4 is 28.6 Å². The summed E-state index contributed by atoms with van der Waals surface area (Å²) < 4.78 is 5.78. The number of benzene rings is 2. The molecule has 1 aliphatic rings. The predicted molar refractivity (Wildman–Crippen MR) is 108 cm³/mol. The zero-order valence-corrected chi connectivity index (χ0v) is 15.9. The maximum Gasteiger partial charge on any atom is 0.229 e. The second-order valence-electron chi connectivity index (χ2n) is 6.70. The van der Waals surface area contributed by atoms with Crippen LogP contribution in [0.5, 0.6) is 5.75 Å². The van der Waals surface area contributed by atoms with Gasteiger partial charge in [0.1, 0.15) is 12.4 Å². The van der Waals surface area contributed by atoms with Crippen LogP contribution in [0.15, 0.2) is 59.4 Å². The molecule has 2 heterocycles. The average molecular weight is 379 g/mol. The number of carbonyl (C=O) groups is 1. The van der Waals surface area contributed by atoms with Crippen molar-refractivity contribution in [1.82, 2.24) is 4.98 Å². The van der Waals surface area contributed by atoms with Crippen LogP contribution in [0, 0.1) is 5.92 Å². The normalized spacial score (nSPS) is 16.4. The predicted octanol–water partition coefficient (Wildman–Crippen LogP) is 4.32. The number of nitrogens with one attached hydrogen (secondary N) is 1. The first kappa shape index (κ1) is 17.5. The van der Waals surface area contributed by atoms with Crippen molar-refractivity contribution in [3.8, 4) is 5.75 Å². The number of ether oxygens (including phenoxy) is 1. The van der Waals surface area contributed by atoms with Gasteiger partial charge in [0.15, 0.2) is 0 Å². The van der Waals surface area contributed by atoms with Crippen LogP contribution in [0.4, 0.5) is 11.4 Å². The van der Waals surface area contributed by atoms with Gasteiger partial charge in [0.25, 0.3) is 0 Å². The Balaban J connectivity index is 1.47. The summed E-state index contributed by atoms with van der Waals surface area (Å²) in [4.78, 5) is 18.7. The van der Waals surface area contributed by atoms with Crippen LogP contribution in [-0.4, -0.2) is 17.4 Å². The summed E-state index contributed by atoms with van der Waals surface area (Å²) in [6.45, 7) is 3.87. The number of carbonyl (C=O) groups excluding carboxylic acids is 1. The average Bonchev–Trinajstić information content (AvgIpc) is 3.17. The van der Waals surface area contributed by atoms with E-state index < -0.39 is 0 Å². The first-order valence-electron chi connectivity index (χ1n) is 8.92. The molecule has 0 spiro atoms. The van der Waals surface area contributed by atoms with E-state index in [0.29, 0.717) is 13.2 Å². The lowest BCUT2D eigenvalue weighted by Gasteiger charge is -2.25. The molecule has 1 aliphatic heterocycles. The smallest absolute Gasteiger partial charge is 0.229 e. The van der Waals surface area contributed by atoms with Crippen LogP contribution in [0.25, 0.3) is 0 Å². The molecule has 0 fully saturated rings. The second kappa shape index (κ2) is 7.80. The van der Waals surface area contributed by atoms with Crippen LogP contribution in [0.3, 0.4) is 0 Å². The lowest BCUT2D eigenvalue weighted by Crippen LogP contribution is -2.30. The van der Waals surface area contributed by atoms with Gasteiger partial charge in [-0.3, -0.25) is 4.79 Å². The van der Waals surface area contributed by atoms with E-state index in [0.717, 1.165) is 29.4 Å². The Hall–Kier alpha value is -2.86. The van der Waals surface area contributed by atoms with Crippen LogP contribution in [-0.2, 0) is 17.9 Å². The minimum absolute atomic E-state index is 0.0655. The number of fused-ring (bicyclic) bond motifs is 1. The summed E-state index contributed by atoms with van der Waals surface area (Å²) in [6.07, 6.45) is 0. The molecule has 0 aliphatic carbocycles. The number of hydrogen-bond acceptors (Lipinski definition) is 5. The van der Waals surface area contributed by atoms with Gasteiger partial charge in [-0.1, -0.05) is 31.2 Å². The zero-order valence-electron chi connectivity index (χ0n) is 15.1. The van der Waals surface area contributed by atoms with Crippen molar-refractivity contribution in [3.63, 3.8) is 0 Å². The minimum atomic E-state index is -0.0712. The molecule has 5 nitrogen and oxygen atoms in total. The molecule has 0 saturated heterocycles. The Morgan fingerprint density at radius 2 is 2.04 bits per heavy atom. The third-order valence-corrected chi connectivity index (χ3v) is 5.25. The van der Waals surface area contributed by atoms with Crippen molar-refractivity contribution in [2.75, 3.05) is 16.8 Å². The molecule has 1 N–H and O–H groups in total. The van der Waals surface area contributed by atoms with E-state index in [1.807, 2.05) is 42.6 Å². The molecular formula is C21H21N3O2S. The molecule has 1 aromatic heterocycles. The first-order valence-corrected chi connectivity index (χ1v) is 9.87. The molecule has 0 bridgehead atoms. The highest BCUT2D eigenvalue weighted by Crippen LogP contribution is 2.31. The number of thiazole rings is 1. The quantitative estimate of drug-likeness (QED) is 0.717. The first-order chi connectivity index (χ1) is 13.2. The lowest BCUT2D eigenvalue weighted by atomic mass is 10.1. The van der Waals surface area contributed by atoms with Crippen LogP contribution < -0.4 is 15.0 Å². The van der Waals surface area contributed by atoms with Gasteiger partial charge in [-0.15, -0.1) is 11.3 Å². The van der Waals surface area contributed by atoms with Gasteiger partial charge < -0.3 is 15.0 Å². The number of amides is 1. The minimum Gasteiger partial charge on any atom is -0.487 e. The third kappa shape index (κ3) is 4.11. The molecule has 3 aromatic rings. The highest BCUT2D eigenvalue weighted by atomic mass is 32.1. The van der Waals surface area contributed by atoms with E-state index in [2.05, 4.69) is 33.4 Å². The topological polar surface area (TPSA) is 54.5 Å². The molecule has 1 amide bonds. The fraction of sp³-hybridized carbons (Fsp3) is 0.238. The van der Waals surface area contributed by atoms with E-state index in [4.69, 9.17) is 4.74 Å². The Morgan fingerprint density at radius 3 is 2.81 bits per heavy atom. The molecule has 1 unspecified atom stereocenters. The SMILES string of the molecule is CC1CN(Cc2ccc(OCc3cscn3)cc2)c2ccccc2NC1=O. The Kier molecular flexibility index (Phi) is 5.07. The summed E-state index contributed by atoms with van der Waals surface area (Å²) >= 11 is 1.57. The van der Waals surface area contributed by atoms with E-state index in [-0.39, 0.29) is 11.8 Å². The Labute approximate surface area is 162 Å². The molecular weight excluding hydrogens is 358 g/mol. The second-order valence-corrected chi connectivity index (χ2v) is 7.42. The highest BCUT2D eigenvalue weighted by molar-refractivity contribution is 7.07. The van der Waals surface area contributed by atoms with Crippen molar-refractivity contribution in [3.05, 3.63) is 70.7 Å². The number of aromatic nitrogens is 1. The molecule has 2 aromatic carbocycles. The maximum atomic E-state index is 12.2. The van der Waals surface area contributed by atoms with Crippen LogP contribution in [0.1, 0.15) is 18.2 Å².